The molecule has 36 heavy (non-hydrogen) atoms. The van der Waals surface area contributed by atoms with Crippen molar-refractivity contribution in [1.29, 1.82) is 0 Å². The Morgan fingerprint density at radius 3 is 1.06 bits per heavy atom. The molecule has 0 aliphatic heterocycles. The number of nitrogen functional groups attached to an aromatic ring is 1. The zero-order chi connectivity index (χ0) is 24.6. The Balaban J connectivity index is 1.29. The normalized spacial score (nSPS) is 11.2. The molecule has 0 unspecified atom stereocenters. The van der Waals surface area contributed by atoms with E-state index < -0.39 is 0 Å². The molecule has 2 nitrogen and oxygen atoms in total. The van der Waals surface area contributed by atoms with Crippen molar-refractivity contribution < 1.29 is 0 Å². The summed E-state index contributed by atoms with van der Waals surface area (Å²) in [6.45, 7) is 0. The maximum atomic E-state index is 5.76. The predicted molar refractivity (Wildman–Crippen MR) is 156 cm³/mol. The molecule has 0 aromatic heterocycles. The van der Waals surface area contributed by atoms with Crippen LogP contribution in [-0.2, 0) is 0 Å². The molecule has 0 spiro atoms. The fraction of sp³-hybridized carbons (Fsp3) is 0. The van der Waals surface area contributed by atoms with Gasteiger partial charge in [-0.25, -0.2) is 0 Å². The fourth-order valence-corrected chi connectivity index (χ4v) is 4.05. The quantitative estimate of drug-likeness (QED) is 0.192. The van der Waals surface area contributed by atoms with Crippen LogP contribution in [0.4, 0.5) is 22.7 Å². The van der Waals surface area contributed by atoms with Crippen molar-refractivity contribution in [1.82, 2.24) is 0 Å². The van der Waals surface area contributed by atoms with E-state index >= 15 is 0 Å². The van der Waals surface area contributed by atoms with Crippen LogP contribution in [0.25, 0.3) is 24.3 Å². The summed E-state index contributed by atoms with van der Waals surface area (Å²) in [6.07, 6.45) is 8.51. The van der Waals surface area contributed by atoms with Crippen molar-refractivity contribution in [2.45, 2.75) is 0 Å². The molecule has 5 aromatic carbocycles. The summed E-state index contributed by atoms with van der Waals surface area (Å²) in [5.74, 6) is 0. The van der Waals surface area contributed by atoms with Crippen molar-refractivity contribution in [3.8, 4) is 0 Å². The summed E-state index contributed by atoms with van der Waals surface area (Å²) >= 11 is 0. The number of hydrogen-bond donors (Lipinski definition) is 1. The lowest BCUT2D eigenvalue weighted by atomic mass is 10.1. The van der Waals surface area contributed by atoms with Crippen LogP contribution >= 0.6 is 0 Å². The summed E-state index contributed by atoms with van der Waals surface area (Å²) in [5, 5.41) is 0. The Hall–Kier alpha value is -4.82. The second kappa shape index (κ2) is 11.1. The number of nitrogens with zero attached hydrogens (tertiary/aromatic N) is 1. The largest absolute Gasteiger partial charge is 0.399 e. The van der Waals surface area contributed by atoms with E-state index in [2.05, 4.69) is 126 Å². The standard InChI is InChI=1S/C34H28N2/c35-31-23-19-29(20-24-31)17-15-27-11-13-28(14-12-27)16-18-30-21-25-34(26-22-30)36(32-7-3-1-4-8-32)33-9-5-2-6-10-33/h1-26H,35H2/b17-15+,18-16+. The van der Waals surface area contributed by atoms with Gasteiger partial charge in [-0.1, -0.05) is 109 Å². The number of nitrogens with two attached hydrogens (primary N) is 1. The molecule has 2 N–H and O–H groups in total. The average molecular weight is 465 g/mol. The van der Waals surface area contributed by atoms with Crippen molar-refractivity contribution in [2.24, 2.45) is 0 Å². The smallest absolute Gasteiger partial charge is 0.0462 e. The Bertz CT molecular complexity index is 1390. The van der Waals surface area contributed by atoms with Crippen LogP contribution in [0.2, 0.25) is 0 Å². The first kappa shape index (κ1) is 22.9. The van der Waals surface area contributed by atoms with Crippen LogP contribution in [0.1, 0.15) is 22.3 Å². The van der Waals surface area contributed by atoms with Gasteiger partial charge in [0.15, 0.2) is 0 Å². The Labute approximate surface area is 213 Å². The van der Waals surface area contributed by atoms with Crippen LogP contribution in [-0.4, -0.2) is 0 Å². The molecule has 0 fully saturated rings. The third-order valence-electron chi connectivity index (χ3n) is 5.99. The number of hydrogen-bond acceptors (Lipinski definition) is 2. The van der Waals surface area contributed by atoms with Crippen LogP contribution in [0.3, 0.4) is 0 Å². The van der Waals surface area contributed by atoms with Crippen molar-refractivity contribution in [2.75, 3.05) is 10.6 Å². The summed E-state index contributed by atoms with van der Waals surface area (Å²) in [4.78, 5) is 2.27. The molecule has 0 heterocycles. The van der Waals surface area contributed by atoms with E-state index in [1.807, 2.05) is 36.4 Å². The first-order chi connectivity index (χ1) is 17.7. The molecule has 2 heteroatoms. The van der Waals surface area contributed by atoms with Gasteiger partial charge in [-0.15, -0.1) is 0 Å². The second-order valence-electron chi connectivity index (χ2n) is 8.60. The zero-order valence-electron chi connectivity index (χ0n) is 20.0. The Morgan fingerprint density at radius 2 is 0.667 bits per heavy atom. The molecular formula is C34H28N2. The highest BCUT2D eigenvalue weighted by molar-refractivity contribution is 5.78. The van der Waals surface area contributed by atoms with Gasteiger partial charge in [-0.05, 0) is 70.8 Å². The maximum Gasteiger partial charge on any atom is 0.0462 e. The summed E-state index contributed by atoms with van der Waals surface area (Å²) in [6, 6.07) is 46.0. The van der Waals surface area contributed by atoms with Gasteiger partial charge >= 0.3 is 0 Å². The van der Waals surface area contributed by atoms with E-state index in [1.165, 1.54) is 5.56 Å². The van der Waals surface area contributed by atoms with Gasteiger partial charge in [0.1, 0.15) is 0 Å². The first-order valence-corrected chi connectivity index (χ1v) is 12.1. The van der Waals surface area contributed by atoms with Gasteiger partial charge in [0.05, 0.1) is 0 Å². The minimum absolute atomic E-state index is 0.780. The minimum atomic E-state index is 0.780. The van der Waals surface area contributed by atoms with Crippen molar-refractivity contribution >= 4 is 47.1 Å². The molecule has 0 aliphatic carbocycles. The molecule has 5 rings (SSSR count). The molecule has 0 saturated heterocycles. The van der Waals surface area contributed by atoms with Gasteiger partial charge < -0.3 is 10.6 Å². The highest BCUT2D eigenvalue weighted by Gasteiger charge is 2.11. The number of para-hydroxylation sites is 2. The second-order valence-corrected chi connectivity index (χ2v) is 8.60. The Morgan fingerprint density at radius 1 is 0.361 bits per heavy atom. The maximum absolute atomic E-state index is 5.76. The number of benzene rings is 5. The first-order valence-electron chi connectivity index (χ1n) is 12.1. The molecule has 5 aromatic rings. The van der Waals surface area contributed by atoms with Gasteiger partial charge in [0.25, 0.3) is 0 Å². The minimum Gasteiger partial charge on any atom is -0.399 e. The fourth-order valence-electron chi connectivity index (χ4n) is 4.05. The van der Waals surface area contributed by atoms with Gasteiger partial charge in [-0.2, -0.15) is 0 Å². The van der Waals surface area contributed by atoms with Gasteiger partial charge in [0.2, 0.25) is 0 Å². The summed E-state index contributed by atoms with van der Waals surface area (Å²) in [7, 11) is 0. The zero-order valence-corrected chi connectivity index (χ0v) is 20.0. The Kier molecular flexibility index (Phi) is 7.06. The van der Waals surface area contributed by atoms with E-state index in [1.54, 1.807) is 0 Å². The predicted octanol–water partition coefficient (Wildman–Crippen LogP) is 9.08. The molecule has 0 amide bonds. The highest BCUT2D eigenvalue weighted by Crippen LogP contribution is 2.34. The summed E-state index contributed by atoms with van der Waals surface area (Å²) in [5.41, 5.74) is 14.6. The average Bonchev–Trinajstić information content (AvgIpc) is 2.94. The molecule has 0 atom stereocenters. The van der Waals surface area contributed by atoms with Crippen molar-refractivity contribution in [3.63, 3.8) is 0 Å². The number of rotatable bonds is 7. The molecule has 0 saturated carbocycles. The lowest BCUT2D eigenvalue weighted by Crippen LogP contribution is -2.09. The van der Waals surface area contributed by atoms with Crippen LogP contribution in [0.5, 0.6) is 0 Å². The van der Waals surface area contributed by atoms with Gasteiger partial charge in [-0.3, -0.25) is 0 Å². The number of anilines is 4. The van der Waals surface area contributed by atoms with Crippen molar-refractivity contribution in [3.05, 3.63) is 156 Å². The highest BCUT2D eigenvalue weighted by atomic mass is 15.1. The molecule has 174 valence electrons. The van der Waals surface area contributed by atoms with E-state index in [9.17, 15) is 0 Å². The van der Waals surface area contributed by atoms with Crippen LogP contribution in [0.15, 0.2) is 133 Å². The molecule has 0 bridgehead atoms. The topological polar surface area (TPSA) is 29.3 Å². The lowest BCUT2D eigenvalue weighted by Gasteiger charge is -2.25. The monoisotopic (exact) mass is 464 g/mol. The van der Waals surface area contributed by atoms with E-state index in [0.29, 0.717) is 0 Å². The SMILES string of the molecule is Nc1ccc(/C=C/c2ccc(/C=C/c3ccc(N(c4ccccc4)c4ccccc4)cc3)cc2)cc1. The molecule has 0 radical (unpaired) electrons. The molecular weight excluding hydrogens is 436 g/mol. The third kappa shape index (κ3) is 5.81. The van der Waals surface area contributed by atoms with Crippen LogP contribution in [0, 0.1) is 0 Å². The van der Waals surface area contributed by atoms with E-state index in [0.717, 1.165) is 39.4 Å². The van der Waals surface area contributed by atoms with Gasteiger partial charge in [0, 0.05) is 22.7 Å². The third-order valence-corrected chi connectivity index (χ3v) is 5.99. The van der Waals surface area contributed by atoms with Crippen LogP contribution < -0.4 is 10.6 Å². The lowest BCUT2D eigenvalue weighted by molar-refractivity contribution is 1.28. The molecule has 0 aliphatic rings. The van der Waals surface area contributed by atoms with E-state index in [4.69, 9.17) is 5.73 Å². The van der Waals surface area contributed by atoms with E-state index in [-0.39, 0.29) is 0 Å². The summed E-state index contributed by atoms with van der Waals surface area (Å²) < 4.78 is 0.